The highest BCUT2D eigenvalue weighted by Gasteiger charge is 2.33. The Morgan fingerprint density at radius 1 is 0.925 bits per heavy atom. The molecule has 53 heavy (non-hydrogen) atoms. The molecule has 0 bridgehead atoms. The van der Waals surface area contributed by atoms with Crippen LogP contribution in [0.4, 0.5) is 0 Å². The summed E-state index contributed by atoms with van der Waals surface area (Å²) in [5.41, 5.74) is 2.71. The molecule has 4 aromatic carbocycles. The monoisotopic (exact) mass is 761 g/mol. The van der Waals surface area contributed by atoms with Gasteiger partial charge in [0, 0.05) is 33.8 Å². The highest BCUT2D eigenvalue weighted by atomic mass is 32.5. The van der Waals surface area contributed by atoms with Crippen LogP contribution < -0.4 is 14.9 Å². The van der Waals surface area contributed by atoms with Crippen molar-refractivity contribution >= 4 is 75.8 Å². The average molecular weight is 762 g/mol. The lowest BCUT2D eigenvalue weighted by Gasteiger charge is -2.29. The van der Waals surface area contributed by atoms with Crippen molar-refractivity contribution < 1.29 is 18.8 Å². The summed E-state index contributed by atoms with van der Waals surface area (Å²) in [6.45, 7) is -1.68. The van der Waals surface area contributed by atoms with E-state index in [4.69, 9.17) is 26.2 Å². The van der Waals surface area contributed by atoms with Gasteiger partial charge >= 0.3 is 5.97 Å². The topological polar surface area (TPSA) is 107 Å². The standard InChI is InChI=1S/C41H40N5O4PS2/c1-28(41(48)49-31-16-4-3-5-17-31)45-51(52,50-38-20-12-14-29-13-6-7-18-33(29)38)46-37-27-32(53-39-21-9-8-19-35(39)40(47)42-2)23-24-34(37)36(44-46)25-22-30-15-10-11-26-43-30/h6-15,18-28,31H,3-5,16-17H2,1-2H3,(H,42,47)(H,45,52)/b25-22+/t28-,51?/m0/s1. The Bertz CT molecular complexity index is 2340. The summed E-state index contributed by atoms with van der Waals surface area (Å²) in [4.78, 5) is 32.5. The number of ether oxygens (including phenoxy) is 1. The predicted octanol–water partition coefficient (Wildman–Crippen LogP) is 9.27. The van der Waals surface area contributed by atoms with Crippen LogP contribution >= 0.6 is 18.3 Å². The Morgan fingerprint density at radius 2 is 1.70 bits per heavy atom. The molecule has 7 rings (SSSR count). The van der Waals surface area contributed by atoms with Gasteiger partial charge in [-0.05, 0) is 110 Å². The molecule has 270 valence electrons. The quantitative estimate of drug-likeness (QED) is 0.0933. The lowest BCUT2D eigenvalue weighted by atomic mass is 9.98. The van der Waals surface area contributed by atoms with Gasteiger partial charge in [-0.2, -0.15) is 9.55 Å². The smallest absolute Gasteiger partial charge is 0.323 e. The normalized spacial score (nSPS) is 15.3. The minimum Gasteiger partial charge on any atom is -0.461 e. The number of amides is 1. The van der Waals surface area contributed by atoms with Crippen molar-refractivity contribution in [3.05, 3.63) is 126 Å². The number of nitrogens with zero attached hydrogens (tertiary/aromatic N) is 3. The molecule has 1 fully saturated rings. The van der Waals surface area contributed by atoms with Crippen molar-refractivity contribution in [2.45, 2.75) is 61.0 Å². The summed E-state index contributed by atoms with van der Waals surface area (Å²) < 4.78 is 14.7. The lowest BCUT2D eigenvalue weighted by molar-refractivity contribution is -0.152. The van der Waals surface area contributed by atoms with Crippen LogP contribution in [0.5, 0.6) is 5.75 Å². The number of carbonyl (C=O) groups excluding carboxylic acids is 2. The molecule has 1 saturated carbocycles. The van der Waals surface area contributed by atoms with Gasteiger partial charge in [-0.25, -0.2) is 5.09 Å². The molecule has 0 saturated heterocycles. The van der Waals surface area contributed by atoms with E-state index in [1.165, 1.54) is 11.8 Å². The summed E-state index contributed by atoms with van der Waals surface area (Å²) in [6.07, 6.45) is 10.4. The molecule has 6 aromatic rings. The van der Waals surface area contributed by atoms with Crippen LogP contribution in [-0.4, -0.2) is 45.6 Å². The second kappa shape index (κ2) is 16.5. The molecule has 2 N–H and O–H groups in total. The van der Waals surface area contributed by atoms with Gasteiger partial charge in [-0.15, -0.1) is 0 Å². The maximum absolute atomic E-state index is 13.6. The molecule has 1 amide bonds. The molecule has 1 aliphatic carbocycles. The third-order valence-corrected chi connectivity index (χ3v) is 13.1. The number of carbonyl (C=O) groups is 2. The Labute approximate surface area is 318 Å². The summed E-state index contributed by atoms with van der Waals surface area (Å²) >= 11 is 8.02. The molecule has 2 heterocycles. The van der Waals surface area contributed by atoms with Crippen molar-refractivity contribution in [3.63, 3.8) is 0 Å². The van der Waals surface area contributed by atoms with E-state index in [9.17, 15) is 9.59 Å². The van der Waals surface area contributed by atoms with Crippen molar-refractivity contribution in [1.29, 1.82) is 0 Å². The lowest BCUT2D eigenvalue weighted by Crippen LogP contribution is -2.38. The first-order valence-electron chi connectivity index (χ1n) is 17.7. The fourth-order valence-electron chi connectivity index (χ4n) is 6.41. The van der Waals surface area contributed by atoms with Crippen LogP contribution in [-0.2, 0) is 21.3 Å². The molecule has 9 nitrogen and oxygen atoms in total. The Kier molecular flexibility index (Phi) is 11.4. The van der Waals surface area contributed by atoms with E-state index in [-0.39, 0.29) is 18.0 Å². The van der Waals surface area contributed by atoms with E-state index in [1.54, 1.807) is 30.7 Å². The van der Waals surface area contributed by atoms with Gasteiger partial charge in [-0.3, -0.25) is 14.6 Å². The van der Waals surface area contributed by atoms with Gasteiger partial charge in [0.1, 0.15) is 17.9 Å². The zero-order valence-corrected chi connectivity index (χ0v) is 32.0. The maximum atomic E-state index is 13.6. The molecule has 2 aromatic heterocycles. The first-order valence-corrected chi connectivity index (χ1v) is 21.2. The van der Waals surface area contributed by atoms with Crippen LogP contribution in [0.1, 0.15) is 60.8 Å². The predicted molar refractivity (Wildman–Crippen MR) is 217 cm³/mol. The number of benzene rings is 4. The molecule has 1 unspecified atom stereocenters. The fourth-order valence-corrected chi connectivity index (χ4v) is 10.4. The number of aromatic nitrogens is 3. The Balaban J connectivity index is 1.35. The number of hydrogen-bond donors (Lipinski definition) is 2. The first-order chi connectivity index (χ1) is 25.8. The third kappa shape index (κ3) is 8.39. The number of esters is 1. The van der Waals surface area contributed by atoms with Gasteiger partial charge in [-0.1, -0.05) is 72.8 Å². The van der Waals surface area contributed by atoms with Crippen molar-refractivity contribution in [3.8, 4) is 5.75 Å². The minimum absolute atomic E-state index is 0.108. The first kappa shape index (κ1) is 36.6. The summed E-state index contributed by atoms with van der Waals surface area (Å²) in [6, 6.07) is 32.2. The van der Waals surface area contributed by atoms with Crippen LogP contribution in [0.2, 0.25) is 0 Å². The number of pyridine rings is 1. The number of hydrogen-bond acceptors (Lipinski definition) is 8. The molecule has 12 heteroatoms. The number of fused-ring (bicyclic) bond motifs is 2. The van der Waals surface area contributed by atoms with E-state index in [1.807, 2.05) is 109 Å². The highest BCUT2D eigenvalue weighted by molar-refractivity contribution is 8.10. The fraction of sp³-hybridized carbons (Fsp3) is 0.220. The van der Waals surface area contributed by atoms with Gasteiger partial charge < -0.3 is 14.6 Å². The van der Waals surface area contributed by atoms with E-state index in [0.29, 0.717) is 22.5 Å². The zero-order valence-electron chi connectivity index (χ0n) is 29.5. The van der Waals surface area contributed by atoms with Crippen molar-refractivity contribution in [2.75, 3.05) is 7.05 Å². The molecule has 1 aliphatic rings. The summed E-state index contributed by atoms with van der Waals surface area (Å²) in [5.74, 6) is 0.0333. The van der Waals surface area contributed by atoms with E-state index >= 15 is 0 Å². The molecule has 2 atom stereocenters. The van der Waals surface area contributed by atoms with Crippen molar-refractivity contribution in [1.82, 2.24) is 24.9 Å². The summed E-state index contributed by atoms with van der Waals surface area (Å²) in [5, 5.41) is 14.0. The maximum Gasteiger partial charge on any atom is 0.323 e. The van der Waals surface area contributed by atoms with Crippen LogP contribution in [0.25, 0.3) is 33.8 Å². The van der Waals surface area contributed by atoms with Crippen LogP contribution in [0.3, 0.4) is 0 Å². The van der Waals surface area contributed by atoms with Gasteiger partial charge in [0.25, 0.3) is 12.5 Å². The van der Waals surface area contributed by atoms with Gasteiger partial charge in [0.15, 0.2) is 0 Å². The number of nitrogens with one attached hydrogen (secondary N) is 2. The van der Waals surface area contributed by atoms with Gasteiger partial charge in [0.2, 0.25) is 0 Å². The largest absolute Gasteiger partial charge is 0.461 e. The number of rotatable bonds is 12. The van der Waals surface area contributed by atoms with E-state index < -0.39 is 12.6 Å². The zero-order chi connectivity index (χ0) is 36.8. The minimum atomic E-state index is -3.45. The summed E-state index contributed by atoms with van der Waals surface area (Å²) in [7, 11) is 1.62. The van der Waals surface area contributed by atoms with Crippen LogP contribution in [0, 0.1) is 0 Å². The van der Waals surface area contributed by atoms with Crippen molar-refractivity contribution in [2.24, 2.45) is 0 Å². The van der Waals surface area contributed by atoms with E-state index in [2.05, 4.69) is 15.4 Å². The Morgan fingerprint density at radius 3 is 2.51 bits per heavy atom. The SMILES string of the molecule is CNC(=O)c1ccccc1Sc1ccc2c(/C=C/c3ccccn3)nn(P(=S)(N[C@@H](C)C(=O)OC3CCCCC3)Oc3cccc4ccccc34)c2c1. The Hall–Kier alpha value is -4.80. The molecular weight excluding hydrogens is 722 g/mol. The molecular formula is C41H40N5O4PS2. The second-order valence-electron chi connectivity index (χ2n) is 12.9. The van der Waals surface area contributed by atoms with Crippen LogP contribution in [0.15, 0.2) is 119 Å². The second-order valence-corrected chi connectivity index (χ2v) is 17.3. The highest BCUT2D eigenvalue weighted by Crippen LogP contribution is 2.50. The average Bonchev–Trinajstić information content (AvgIpc) is 3.56. The molecule has 0 spiro atoms. The van der Waals surface area contributed by atoms with Gasteiger partial charge in [0.05, 0.1) is 22.5 Å². The third-order valence-electron chi connectivity index (χ3n) is 9.12. The molecule has 0 aliphatic heterocycles. The molecule has 0 radical (unpaired) electrons. The van der Waals surface area contributed by atoms with E-state index in [0.717, 1.165) is 63.7 Å².